The van der Waals surface area contributed by atoms with Gasteiger partial charge in [0, 0.05) is 24.0 Å². The lowest BCUT2D eigenvalue weighted by molar-refractivity contribution is -0.120. The van der Waals surface area contributed by atoms with Crippen LogP contribution in [0.1, 0.15) is 23.2 Å². The first kappa shape index (κ1) is 17.8. The molecule has 0 fully saturated rings. The Morgan fingerprint density at radius 2 is 2.00 bits per heavy atom. The maximum Gasteiger partial charge on any atom is 0.252 e. The number of carbonyl (C=O) groups is 2. The van der Waals surface area contributed by atoms with Crippen molar-refractivity contribution in [3.05, 3.63) is 28.2 Å². The van der Waals surface area contributed by atoms with E-state index in [0.29, 0.717) is 47.5 Å². The molecule has 0 spiro atoms. The van der Waals surface area contributed by atoms with Gasteiger partial charge in [0.25, 0.3) is 5.91 Å². The largest absolute Gasteiger partial charge is 0.497 e. The van der Waals surface area contributed by atoms with Crippen LogP contribution >= 0.6 is 28.6 Å². The standard InChI is InChI=1S/C14H19BrN2O3S/c1-20-10-3-4-12(15)11(9-10)14(19)17-7-2-6-16-13(18)5-8-21/h3-4,9,21H,2,5-8H2,1H3,(H,16,18)(H,17,19). The number of nitrogens with one attached hydrogen (secondary N) is 2. The van der Waals surface area contributed by atoms with Gasteiger partial charge in [0.2, 0.25) is 5.91 Å². The van der Waals surface area contributed by atoms with E-state index in [9.17, 15) is 9.59 Å². The Bertz CT molecular complexity index is 497. The van der Waals surface area contributed by atoms with Gasteiger partial charge in [-0.2, -0.15) is 12.6 Å². The van der Waals surface area contributed by atoms with Crippen molar-refractivity contribution in [2.75, 3.05) is 26.0 Å². The quantitative estimate of drug-likeness (QED) is 0.481. The molecule has 0 radical (unpaired) electrons. The summed E-state index contributed by atoms with van der Waals surface area (Å²) in [5, 5.41) is 5.56. The SMILES string of the molecule is COc1ccc(Br)c(C(=O)NCCCNC(=O)CCS)c1. The summed E-state index contributed by atoms with van der Waals surface area (Å²) in [5.41, 5.74) is 0.522. The van der Waals surface area contributed by atoms with E-state index in [4.69, 9.17) is 4.74 Å². The monoisotopic (exact) mass is 374 g/mol. The number of rotatable bonds is 8. The molecular formula is C14H19BrN2O3S. The predicted octanol–water partition coefficient (Wildman–Crippen LogP) is 2.01. The first-order valence-corrected chi connectivity index (χ1v) is 8.00. The van der Waals surface area contributed by atoms with Crippen LogP contribution in [0.2, 0.25) is 0 Å². The molecule has 2 N–H and O–H groups in total. The average Bonchev–Trinajstić information content (AvgIpc) is 2.47. The summed E-state index contributed by atoms with van der Waals surface area (Å²) < 4.78 is 5.81. The predicted molar refractivity (Wildman–Crippen MR) is 89.1 cm³/mol. The van der Waals surface area contributed by atoms with Crippen LogP contribution in [0.25, 0.3) is 0 Å². The van der Waals surface area contributed by atoms with Crippen molar-refractivity contribution in [1.82, 2.24) is 10.6 Å². The molecule has 7 heteroatoms. The van der Waals surface area contributed by atoms with E-state index in [1.54, 1.807) is 25.3 Å². The molecule has 5 nitrogen and oxygen atoms in total. The van der Waals surface area contributed by atoms with Crippen LogP contribution in [0.15, 0.2) is 22.7 Å². The van der Waals surface area contributed by atoms with Gasteiger partial charge in [-0.05, 0) is 46.3 Å². The fraction of sp³-hybridized carbons (Fsp3) is 0.429. The maximum absolute atomic E-state index is 12.0. The van der Waals surface area contributed by atoms with Gasteiger partial charge < -0.3 is 15.4 Å². The van der Waals surface area contributed by atoms with E-state index < -0.39 is 0 Å². The second-order valence-corrected chi connectivity index (χ2v) is 5.58. The number of hydrogen-bond donors (Lipinski definition) is 3. The highest BCUT2D eigenvalue weighted by atomic mass is 79.9. The number of methoxy groups -OCH3 is 1. The Morgan fingerprint density at radius 3 is 2.67 bits per heavy atom. The first-order valence-electron chi connectivity index (χ1n) is 6.57. The van der Waals surface area contributed by atoms with Crippen LogP contribution in [0, 0.1) is 0 Å². The molecule has 0 unspecified atom stereocenters. The van der Waals surface area contributed by atoms with Crippen LogP contribution < -0.4 is 15.4 Å². The highest BCUT2D eigenvalue weighted by Gasteiger charge is 2.10. The van der Waals surface area contributed by atoms with Crippen molar-refractivity contribution in [2.24, 2.45) is 0 Å². The molecule has 116 valence electrons. The number of halogens is 1. The van der Waals surface area contributed by atoms with E-state index in [1.807, 2.05) is 0 Å². The molecule has 0 saturated heterocycles. The van der Waals surface area contributed by atoms with Gasteiger partial charge in [0.15, 0.2) is 0 Å². The molecule has 0 bridgehead atoms. The molecule has 1 rings (SSSR count). The third kappa shape index (κ3) is 6.39. The molecule has 21 heavy (non-hydrogen) atoms. The summed E-state index contributed by atoms with van der Waals surface area (Å²) in [4.78, 5) is 23.2. The van der Waals surface area contributed by atoms with Crippen LogP contribution in [0.5, 0.6) is 5.75 Å². The third-order valence-electron chi connectivity index (χ3n) is 2.72. The summed E-state index contributed by atoms with van der Waals surface area (Å²) in [6.45, 7) is 1.02. The number of ether oxygens (including phenoxy) is 1. The molecule has 0 atom stereocenters. The minimum absolute atomic E-state index is 0.0214. The van der Waals surface area contributed by atoms with E-state index in [-0.39, 0.29) is 11.8 Å². The van der Waals surface area contributed by atoms with E-state index in [2.05, 4.69) is 39.2 Å². The molecule has 2 amide bonds. The number of carbonyl (C=O) groups excluding carboxylic acids is 2. The molecule has 0 heterocycles. The fourth-order valence-corrected chi connectivity index (χ4v) is 2.24. The Balaban J connectivity index is 2.36. The Hall–Kier alpha value is -1.21. The van der Waals surface area contributed by atoms with Gasteiger partial charge in [-0.25, -0.2) is 0 Å². The lowest BCUT2D eigenvalue weighted by Gasteiger charge is -2.09. The van der Waals surface area contributed by atoms with Crippen LogP contribution in [-0.2, 0) is 4.79 Å². The highest BCUT2D eigenvalue weighted by molar-refractivity contribution is 9.10. The smallest absolute Gasteiger partial charge is 0.252 e. The molecule has 0 aliphatic carbocycles. The molecule has 0 aliphatic heterocycles. The Morgan fingerprint density at radius 1 is 1.29 bits per heavy atom. The summed E-state index contributed by atoms with van der Waals surface area (Å²) in [5.74, 6) is 0.962. The second-order valence-electron chi connectivity index (χ2n) is 4.28. The Kier molecular flexibility index (Phi) is 8.22. The zero-order valence-electron chi connectivity index (χ0n) is 11.8. The van der Waals surface area contributed by atoms with Crippen molar-refractivity contribution >= 4 is 40.4 Å². The molecule has 0 saturated carbocycles. The summed E-state index contributed by atoms with van der Waals surface area (Å²) >= 11 is 7.32. The van der Waals surface area contributed by atoms with Crippen LogP contribution in [-0.4, -0.2) is 37.8 Å². The number of thiol groups is 1. The van der Waals surface area contributed by atoms with E-state index >= 15 is 0 Å². The summed E-state index contributed by atoms with van der Waals surface area (Å²) in [6.07, 6.45) is 1.08. The molecule has 0 aromatic heterocycles. The minimum atomic E-state index is -0.178. The normalized spacial score (nSPS) is 10.0. The lowest BCUT2D eigenvalue weighted by Crippen LogP contribution is -2.30. The Labute approximate surface area is 138 Å². The van der Waals surface area contributed by atoms with Crippen molar-refractivity contribution in [3.63, 3.8) is 0 Å². The zero-order valence-corrected chi connectivity index (χ0v) is 14.3. The number of hydrogen-bond acceptors (Lipinski definition) is 4. The number of amides is 2. The van der Waals surface area contributed by atoms with E-state index in [1.165, 1.54) is 0 Å². The molecule has 1 aromatic rings. The van der Waals surface area contributed by atoms with Gasteiger partial charge >= 0.3 is 0 Å². The second kappa shape index (κ2) is 9.68. The fourth-order valence-electron chi connectivity index (χ4n) is 1.61. The zero-order chi connectivity index (χ0) is 15.7. The third-order valence-corrected chi connectivity index (χ3v) is 3.63. The number of benzene rings is 1. The van der Waals surface area contributed by atoms with Crippen molar-refractivity contribution in [3.8, 4) is 5.75 Å². The summed E-state index contributed by atoms with van der Waals surface area (Å²) in [7, 11) is 1.55. The van der Waals surface area contributed by atoms with Gasteiger partial charge in [-0.15, -0.1) is 0 Å². The molecule has 1 aromatic carbocycles. The van der Waals surface area contributed by atoms with Gasteiger partial charge in [0.05, 0.1) is 12.7 Å². The van der Waals surface area contributed by atoms with Gasteiger partial charge in [-0.1, -0.05) is 0 Å². The minimum Gasteiger partial charge on any atom is -0.497 e. The topological polar surface area (TPSA) is 67.4 Å². The summed E-state index contributed by atoms with van der Waals surface area (Å²) in [6, 6.07) is 5.22. The maximum atomic E-state index is 12.0. The molecular weight excluding hydrogens is 356 g/mol. The van der Waals surface area contributed by atoms with Crippen LogP contribution in [0.4, 0.5) is 0 Å². The van der Waals surface area contributed by atoms with Crippen molar-refractivity contribution in [1.29, 1.82) is 0 Å². The molecule has 0 aliphatic rings. The average molecular weight is 375 g/mol. The van der Waals surface area contributed by atoms with Crippen molar-refractivity contribution in [2.45, 2.75) is 12.8 Å². The highest BCUT2D eigenvalue weighted by Crippen LogP contribution is 2.22. The first-order chi connectivity index (χ1) is 10.1. The van der Waals surface area contributed by atoms with Gasteiger partial charge in [0.1, 0.15) is 5.75 Å². The van der Waals surface area contributed by atoms with E-state index in [0.717, 1.165) is 0 Å². The van der Waals surface area contributed by atoms with Gasteiger partial charge in [-0.3, -0.25) is 9.59 Å². The van der Waals surface area contributed by atoms with Crippen molar-refractivity contribution < 1.29 is 14.3 Å². The van der Waals surface area contributed by atoms with Crippen LogP contribution in [0.3, 0.4) is 0 Å². The lowest BCUT2D eigenvalue weighted by atomic mass is 10.2.